The molecule has 646 valence electrons. The van der Waals surface area contributed by atoms with Gasteiger partial charge in [-0.25, -0.2) is 9.13 Å². The first kappa shape index (κ1) is 108. The minimum absolute atomic E-state index is 0.0251. The van der Waals surface area contributed by atoms with Gasteiger partial charge in [-0.2, -0.15) is 0 Å². The maximum atomic E-state index is 12.7. The summed E-state index contributed by atoms with van der Waals surface area (Å²) in [5.41, 5.74) is -0.615. The summed E-state index contributed by atoms with van der Waals surface area (Å²) in [5.74, 6) is -1.91. The highest BCUT2D eigenvalue weighted by atomic mass is 31.2. The van der Waals surface area contributed by atoms with E-state index < -0.39 is 64.4 Å². The normalized spacial score (nSPS) is 13.4. The van der Waals surface area contributed by atoms with E-state index >= 15 is 0 Å². The van der Waals surface area contributed by atoms with Crippen molar-refractivity contribution in [2.24, 2.45) is 5.41 Å². The van der Waals surface area contributed by atoms with Gasteiger partial charge in [0.2, 0.25) is 5.91 Å². The Kier molecular flexibility index (Phi) is 76.0. The number of ether oxygens (including phenoxy) is 4. The first-order chi connectivity index (χ1) is 52.3. The summed E-state index contributed by atoms with van der Waals surface area (Å²) < 4.78 is 67.3. The Bertz CT molecular complexity index is 2230. The third-order valence-electron chi connectivity index (χ3n) is 19.6. The van der Waals surface area contributed by atoms with E-state index in [9.17, 15) is 47.7 Å². The first-order valence-corrected chi connectivity index (χ1v) is 47.8. The molecule has 1 amide bonds. The topological polar surface area (TPSA) is 275 Å². The second-order valence-corrected chi connectivity index (χ2v) is 35.7. The van der Waals surface area contributed by atoms with Crippen LogP contribution in [-0.4, -0.2) is 116 Å². The lowest BCUT2D eigenvalue weighted by molar-refractivity contribution is -0.161. The third kappa shape index (κ3) is 83.0. The summed E-state index contributed by atoms with van der Waals surface area (Å²) in [6, 6.07) is 0. The summed E-state index contributed by atoms with van der Waals surface area (Å²) in [7, 11) is -8.96. The molecular formula is C87H170N2O18P2. The molecule has 0 aromatic heterocycles. The van der Waals surface area contributed by atoms with Crippen molar-refractivity contribution in [3.8, 4) is 0 Å². The van der Waals surface area contributed by atoms with Gasteiger partial charge in [0.05, 0.1) is 26.4 Å². The van der Waals surface area contributed by atoms with Crippen LogP contribution in [0.2, 0.25) is 0 Å². The molecule has 20 nitrogen and oxygen atoms in total. The van der Waals surface area contributed by atoms with Gasteiger partial charge in [0.25, 0.3) is 0 Å². The van der Waals surface area contributed by atoms with Crippen LogP contribution in [0, 0.1) is 5.41 Å². The van der Waals surface area contributed by atoms with Gasteiger partial charge in [0.15, 0.2) is 12.2 Å². The standard InChI is InChI=1S/C46H88NO10P.C41H82NO8P/c1-6-8-10-12-14-16-18-20-22-24-26-28-30-35-44(50)54-39-41(57-45(51)36-31-29-27-25-23-21-19-17-15-13-11-9-7-2)40-56-58(52,53)55-38-37-47-43(49)34-32-33-42(48)46(3,4)5;1-6-8-10-12-14-16-18-20-22-24-26-28-30-32-39(43)47-36-38(37-49-51(45,46)48-35-34-42-41(3,4)5)50-40(44)33-31-29-27-25-23-21-19-17-15-13-11-9-7-2/h41H,6-40H2,1-5H3,(H,47,49)(H,52,53);38,42H,6-37H2,1-5H3,(H,45,46). The lowest BCUT2D eigenvalue weighted by Crippen LogP contribution is -2.37. The van der Waals surface area contributed by atoms with Gasteiger partial charge in [-0.1, -0.05) is 357 Å². The van der Waals surface area contributed by atoms with Crippen molar-refractivity contribution in [1.82, 2.24) is 10.6 Å². The number of Topliss-reactive ketones (excluding diaryl/α,β-unsaturated/α-hetero) is 1. The van der Waals surface area contributed by atoms with Gasteiger partial charge in [0.1, 0.15) is 19.0 Å². The highest BCUT2D eigenvalue weighted by Crippen LogP contribution is 2.44. The van der Waals surface area contributed by atoms with Crippen molar-refractivity contribution in [1.29, 1.82) is 0 Å². The van der Waals surface area contributed by atoms with Crippen molar-refractivity contribution >= 4 is 51.2 Å². The van der Waals surface area contributed by atoms with Crippen LogP contribution in [0.4, 0.5) is 0 Å². The number of ketones is 1. The zero-order valence-electron chi connectivity index (χ0n) is 71.9. The van der Waals surface area contributed by atoms with E-state index in [0.717, 1.165) is 70.6 Å². The van der Waals surface area contributed by atoms with Crippen LogP contribution in [0.25, 0.3) is 0 Å². The van der Waals surface area contributed by atoms with Crippen LogP contribution in [-0.2, 0) is 74.9 Å². The van der Waals surface area contributed by atoms with Gasteiger partial charge in [-0.05, 0) is 52.9 Å². The number of carbonyl (C=O) groups excluding carboxylic acids is 6. The SMILES string of the molecule is CCCCCCCCCCCCCCCC(=O)OCC(COP(=O)(O)OCCNC(=O)CCCC(=O)C(C)(C)C)OC(=O)CCCCCCCCCCCCCCC.CCCCCCCCCCCCCCCC(=O)OCC(COP(=O)(O)OCCNC(C)(C)C)OC(=O)CCCCCCCCCCCCCCC. The lowest BCUT2D eigenvalue weighted by Gasteiger charge is -2.22. The Hall–Kier alpha value is -2.80. The van der Waals surface area contributed by atoms with E-state index in [1.54, 1.807) is 0 Å². The largest absolute Gasteiger partial charge is 0.472 e. The number of carbonyl (C=O) groups is 6. The maximum Gasteiger partial charge on any atom is 0.472 e. The molecule has 0 saturated heterocycles. The van der Waals surface area contributed by atoms with Gasteiger partial charge >= 0.3 is 39.5 Å². The van der Waals surface area contributed by atoms with Crippen molar-refractivity contribution in [2.75, 3.05) is 52.7 Å². The molecule has 0 saturated carbocycles. The van der Waals surface area contributed by atoms with Gasteiger partial charge in [0, 0.05) is 62.6 Å². The number of phosphoric acid groups is 2. The Morgan fingerprint density at radius 3 is 0.807 bits per heavy atom. The zero-order valence-corrected chi connectivity index (χ0v) is 73.6. The van der Waals surface area contributed by atoms with Gasteiger partial charge < -0.3 is 39.4 Å². The molecule has 22 heteroatoms. The number of amides is 1. The smallest absolute Gasteiger partial charge is 0.462 e. The summed E-state index contributed by atoms with van der Waals surface area (Å²) in [4.78, 5) is 95.0. The first-order valence-electron chi connectivity index (χ1n) is 44.8. The summed E-state index contributed by atoms with van der Waals surface area (Å²) in [6.45, 7) is 19.0. The molecule has 0 spiro atoms. The molecule has 0 aliphatic heterocycles. The number of nitrogens with one attached hydrogen (secondary N) is 2. The predicted octanol–water partition coefficient (Wildman–Crippen LogP) is 24.4. The third-order valence-corrected chi connectivity index (χ3v) is 21.5. The van der Waals surface area contributed by atoms with Crippen molar-refractivity contribution in [3.63, 3.8) is 0 Å². The fourth-order valence-corrected chi connectivity index (χ4v) is 14.1. The van der Waals surface area contributed by atoms with Crippen LogP contribution in [0.15, 0.2) is 0 Å². The Morgan fingerprint density at radius 1 is 0.303 bits per heavy atom. The van der Waals surface area contributed by atoms with E-state index in [2.05, 4.69) is 38.3 Å². The fourth-order valence-electron chi connectivity index (χ4n) is 12.6. The molecule has 109 heavy (non-hydrogen) atoms. The van der Waals surface area contributed by atoms with Crippen LogP contribution >= 0.6 is 15.6 Å². The van der Waals surface area contributed by atoms with Crippen LogP contribution in [0.1, 0.15) is 448 Å². The molecule has 0 heterocycles. The average Bonchev–Trinajstić information content (AvgIpc) is 0.918. The van der Waals surface area contributed by atoms with E-state index in [1.807, 2.05) is 41.5 Å². The van der Waals surface area contributed by atoms with E-state index in [-0.39, 0.29) is 81.9 Å². The quantitative estimate of drug-likeness (QED) is 0.0191. The van der Waals surface area contributed by atoms with Crippen molar-refractivity contribution < 1.29 is 84.7 Å². The van der Waals surface area contributed by atoms with E-state index in [0.29, 0.717) is 45.1 Å². The molecule has 0 aromatic carbocycles. The fraction of sp³-hybridized carbons (Fsp3) is 0.931. The number of hydrogen-bond donors (Lipinski definition) is 4. The Balaban J connectivity index is 0. The minimum atomic E-state index is -4.57. The highest BCUT2D eigenvalue weighted by Gasteiger charge is 2.29. The maximum absolute atomic E-state index is 12.7. The molecule has 0 aliphatic rings. The van der Waals surface area contributed by atoms with Crippen molar-refractivity contribution in [3.05, 3.63) is 0 Å². The Labute approximate surface area is 667 Å². The minimum Gasteiger partial charge on any atom is -0.462 e. The molecule has 0 aromatic rings. The molecular weight excluding hydrogens is 1420 g/mol. The molecule has 4 unspecified atom stereocenters. The number of rotatable bonds is 80. The molecule has 0 aliphatic carbocycles. The van der Waals surface area contributed by atoms with Gasteiger partial charge in [-0.3, -0.25) is 46.9 Å². The second kappa shape index (κ2) is 76.5. The molecule has 4 N–H and O–H groups in total. The van der Waals surface area contributed by atoms with E-state index in [1.165, 1.54) is 244 Å². The van der Waals surface area contributed by atoms with Gasteiger partial charge in [-0.15, -0.1) is 0 Å². The molecule has 0 radical (unpaired) electrons. The summed E-state index contributed by atoms with van der Waals surface area (Å²) in [5, 5.41) is 5.77. The summed E-state index contributed by atoms with van der Waals surface area (Å²) >= 11 is 0. The monoisotopic (exact) mass is 1590 g/mol. The average molecular weight is 1590 g/mol. The van der Waals surface area contributed by atoms with Crippen LogP contribution in [0.3, 0.4) is 0 Å². The Morgan fingerprint density at radius 2 is 0.550 bits per heavy atom. The molecule has 0 fully saturated rings. The van der Waals surface area contributed by atoms with Crippen LogP contribution in [0.5, 0.6) is 0 Å². The van der Waals surface area contributed by atoms with E-state index in [4.69, 9.17) is 37.0 Å². The molecule has 0 bridgehead atoms. The zero-order chi connectivity index (χ0) is 81.1. The number of unbranched alkanes of at least 4 members (excludes halogenated alkanes) is 48. The van der Waals surface area contributed by atoms with Crippen molar-refractivity contribution in [2.45, 2.75) is 466 Å². The number of phosphoric ester groups is 2. The lowest BCUT2D eigenvalue weighted by atomic mass is 9.88. The predicted molar refractivity (Wildman–Crippen MR) is 445 cm³/mol. The highest BCUT2D eigenvalue weighted by molar-refractivity contribution is 7.47. The number of hydrogen-bond acceptors (Lipinski definition) is 17. The molecule has 0 rings (SSSR count). The number of esters is 4. The van der Waals surface area contributed by atoms with Crippen LogP contribution < -0.4 is 10.6 Å². The summed E-state index contributed by atoms with van der Waals surface area (Å²) in [6.07, 6.45) is 62.7. The molecule has 4 atom stereocenters. The second-order valence-electron chi connectivity index (χ2n) is 32.8.